The van der Waals surface area contributed by atoms with Crippen molar-refractivity contribution in [1.29, 1.82) is 0 Å². The van der Waals surface area contributed by atoms with Crippen molar-refractivity contribution in [2.24, 2.45) is 0 Å². The van der Waals surface area contributed by atoms with Gasteiger partial charge in [-0.1, -0.05) is 28.9 Å². The van der Waals surface area contributed by atoms with Gasteiger partial charge in [0, 0.05) is 33.4 Å². The molecule has 5 aromatic rings. The summed E-state index contributed by atoms with van der Waals surface area (Å²) < 4.78 is 4.89. The third-order valence-electron chi connectivity index (χ3n) is 5.85. The Bertz CT molecular complexity index is 1460. The van der Waals surface area contributed by atoms with E-state index in [1.54, 1.807) is 22.2 Å². The summed E-state index contributed by atoms with van der Waals surface area (Å²) in [6.07, 6.45) is 9.54. The maximum Gasteiger partial charge on any atom is 0.185 e. The lowest BCUT2D eigenvalue weighted by molar-refractivity contribution is 0.0978. The fourth-order valence-electron chi connectivity index (χ4n) is 4.01. The topological polar surface area (TPSA) is 65.1 Å². The van der Waals surface area contributed by atoms with Gasteiger partial charge in [-0.05, 0) is 60.4 Å². The third kappa shape index (κ3) is 3.94. The number of benzene rings is 1. The number of hydrogen-bond donors (Lipinski definition) is 0. The van der Waals surface area contributed by atoms with Gasteiger partial charge in [-0.3, -0.25) is 4.79 Å². The molecule has 0 aliphatic heterocycles. The number of aryl methyl sites for hydroxylation is 1. The number of aromatic nitrogens is 5. The van der Waals surface area contributed by atoms with Gasteiger partial charge in [-0.15, -0.1) is 16.4 Å². The summed E-state index contributed by atoms with van der Waals surface area (Å²) in [5.74, 6) is 0.704. The molecule has 6 nitrogen and oxygen atoms in total. The van der Waals surface area contributed by atoms with Crippen LogP contribution in [0.25, 0.3) is 15.7 Å². The van der Waals surface area contributed by atoms with Crippen molar-refractivity contribution in [2.75, 3.05) is 0 Å². The Morgan fingerprint density at radius 3 is 2.91 bits per heavy atom. The second kappa shape index (κ2) is 7.83. The Morgan fingerprint density at radius 2 is 2.03 bits per heavy atom. The highest BCUT2D eigenvalue weighted by molar-refractivity contribution is 7.19. The van der Waals surface area contributed by atoms with Gasteiger partial charge in [0.15, 0.2) is 5.78 Å². The lowest BCUT2D eigenvalue weighted by atomic mass is 10.1. The number of pyridine rings is 1. The van der Waals surface area contributed by atoms with E-state index in [0.29, 0.717) is 31.0 Å². The van der Waals surface area contributed by atoms with Crippen LogP contribution in [0.4, 0.5) is 0 Å². The molecule has 4 aromatic heterocycles. The minimum absolute atomic E-state index is 0.00387. The Morgan fingerprint density at radius 1 is 1.12 bits per heavy atom. The van der Waals surface area contributed by atoms with Crippen LogP contribution in [-0.2, 0) is 13.0 Å². The van der Waals surface area contributed by atoms with E-state index in [0.717, 1.165) is 26.4 Å². The normalized spacial score (nSPS) is 13.9. The van der Waals surface area contributed by atoms with Gasteiger partial charge in [-0.25, -0.2) is 9.67 Å². The average Bonchev–Trinajstić information content (AvgIpc) is 3.20. The molecule has 1 saturated carbocycles. The van der Waals surface area contributed by atoms with Gasteiger partial charge in [0.25, 0.3) is 0 Å². The van der Waals surface area contributed by atoms with Gasteiger partial charge < -0.3 is 4.40 Å². The average molecular weight is 462 g/mol. The zero-order valence-electron chi connectivity index (χ0n) is 17.2. The van der Waals surface area contributed by atoms with Gasteiger partial charge >= 0.3 is 0 Å². The highest BCUT2D eigenvalue weighted by Gasteiger charge is 2.23. The Labute approximate surface area is 193 Å². The number of rotatable bonds is 7. The first-order valence-corrected chi connectivity index (χ1v) is 11.9. The predicted molar refractivity (Wildman–Crippen MR) is 126 cm³/mol. The van der Waals surface area contributed by atoms with Gasteiger partial charge in [-0.2, -0.15) is 0 Å². The zero-order chi connectivity index (χ0) is 21.7. The number of Topliss-reactive ketones (excluding diaryl/α,β-unsaturated/α-hetero) is 1. The van der Waals surface area contributed by atoms with E-state index in [2.05, 4.69) is 44.1 Å². The summed E-state index contributed by atoms with van der Waals surface area (Å²) in [6, 6.07) is 12.2. The molecule has 4 heterocycles. The van der Waals surface area contributed by atoms with Crippen molar-refractivity contribution in [3.63, 3.8) is 0 Å². The van der Waals surface area contributed by atoms with E-state index in [9.17, 15) is 4.79 Å². The van der Waals surface area contributed by atoms with E-state index >= 15 is 0 Å². The van der Waals surface area contributed by atoms with Gasteiger partial charge in [0.05, 0.1) is 18.4 Å². The van der Waals surface area contributed by atoms with E-state index < -0.39 is 0 Å². The fourth-order valence-corrected chi connectivity index (χ4v) is 5.35. The number of carbonyl (C=O) groups is 1. The van der Waals surface area contributed by atoms with Crippen LogP contribution < -0.4 is 0 Å². The molecule has 1 aromatic carbocycles. The van der Waals surface area contributed by atoms with Crippen molar-refractivity contribution in [3.8, 4) is 0 Å². The van der Waals surface area contributed by atoms with E-state index in [-0.39, 0.29) is 5.78 Å². The minimum Gasteiger partial charge on any atom is -0.306 e. The molecule has 0 bridgehead atoms. The summed E-state index contributed by atoms with van der Waals surface area (Å²) in [4.78, 5) is 18.5. The van der Waals surface area contributed by atoms with Crippen molar-refractivity contribution < 1.29 is 4.79 Å². The maximum absolute atomic E-state index is 12.6. The molecular weight excluding hydrogens is 442 g/mol. The molecule has 32 heavy (non-hydrogen) atoms. The monoisotopic (exact) mass is 461 g/mol. The number of carbonyl (C=O) groups excluding carboxylic acids is 1. The molecule has 0 N–H and O–H groups in total. The van der Waals surface area contributed by atoms with Crippen molar-refractivity contribution in [1.82, 2.24) is 24.4 Å². The van der Waals surface area contributed by atoms with Crippen LogP contribution in [0.15, 0.2) is 55.0 Å². The van der Waals surface area contributed by atoms with Crippen LogP contribution >= 0.6 is 22.9 Å². The molecule has 1 aliphatic rings. The van der Waals surface area contributed by atoms with Crippen molar-refractivity contribution in [3.05, 3.63) is 81.8 Å². The molecule has 0 spiro atoms. The highest BCUT2D eigenvalue weighted by Crippen LogP contribution is 2.39. The second-order valence-electron chi connectivity index (χ2n) is 8.35. The molecule has 0 saturated heterocycles. The number of thiophene rings is 1. The van der Waals surface area contributed by atoms with Crippen LogP contribution in [0.2, 0.25) is 5.02 Å². The zero-order valence-corrected chi connectivity index (χ0v) is 18.8. The highest BCUT2D eigenvalue weighted by atomic mass is 35.5. The van der Waals surface area contributed by atoms with E-state index in [1.165, 1.54) is 23.3 Å². The Hall–Kier alpha value is -3.03. The second-order valence-corrected chi connectivity index (χ2v) is 9.96. The molecule has 8 heteroatoms. The minimum atomic E-state index is -0.00387. The molecule has 6 rings (SSSR count). The Kier molecular flexibility index (Phi) is 4.81. The number of fused-ring (bicyclic) bond motifs is 2. The first kappa shape index (κ1) is 19.6. The van der Waals surface area contributed by atoms with Crippen LogP contribution in [0.5, 0.6) is 0 Å². The van der Waals surface area contributed by atoms with Gasteiger partial charge in [0.2, 0.25) is 0 Å². The number of imidazole rings is 1. The number of ketones is 1. The lowest BCUT2D eigenvalue weighted by Crippen LogP contribution is -2.02. The number of halogens is 1. The summed E-state index contributed by atoms with van der Waals surface area (Å²) in [7, 11) is 0. The fraction of sp³-hybridized carbons (Fsp3) is 0.250. The SMILES string of the molecule is O=C(CCc1cc2ccc(Cl)cc2s1)c1cn(Cc2cn3cc(C4CC4)ccc3n2)nn1. The molecule has 1 aliphatic carbocycles. The summed E-state index contributed by atoms with van der Waals surface area (Å²) in [5, 5.41) is 10.1. The molecule has 1 fully saturated rings. The van der Waals surface area contributed by atoms with Crippen LogP contribution in [0, 0.1) is 0 Å². The predicted octanol–water partition coefficient (Wildman–Crippen LogP) is 5.54. The van der Waals surface area contributed by atoms with Gasteiger partial charge in [0.1, 0.15) is 11.3 Å². The Balaban J connectivity index is 1.12. The molecule has 0 atom stereocenters. The maximum atomic E-state index is 12.6. The summed E-state index contributed by atoms with van der Waals surface area (Å²) in [5.41, 5.74) is 3.59. The van der Waals surface area contributed by atoms with Crippen LogP contribution in [-0.4, -0.2) is 30.2 Å². The van der Waals surface area contributed by atoms with E-state index in [1.807, 2.05) is 24.4 Å². The summed E-state index contributed by atoms with van der Waals surface area (Å²) >= 11 is 7.75. The summed E-state index contributed by atoms with van der Waals surface area (Å²) in [6.45, 7) is 0.484. The molecule has 0 radical (unpaired) electrons. The third-order valence-corrected chi connectivity index (χ3v) is 7.25. The molecule has 0 amide bonds. The first-order chi connectivity index (χ1) is 15.6. The number of hydrogen-bond acceptors (Lipinski definition) is 5. The molecule has 0 unspecified atom stereocenters. The molecule has 160 valence electrons. The van der Waals surface area contributed by atoms with E-state index in [4.69, 9.17) is 11.6 Å². The van der Waals surface area contributed by atoms with Crippen LogP contribution in [0.3, 0.4) is 0 Å². The molecular formula is C24H20ClN5OS. The smallest absolute Gasteiger partial charge is 0.185 e. The largest absolute Gasteiger partial charge is 0.306 e. The quantitative estimate of drug-likeness (QED) is 0.299. The van der Waals surface area contributed by atoms with Crippen molar-refractivity contribution in [2.45, 2.75) is 38.1 Å². The first-order valence-electron chi connectivity index (χ1n) is 10.7. The van der Waals surface area contributed by atoms with Crippen LogP contribution in [0.1, 0.15) is 51.8 Å². The number of nitrogens with zero attached hydrogens (tertiary/aromatic N) is 5. The lowest BCUT2D eigenvalue weighted by Gasteiger charge is -1.98. The standard InChI is InChI=1S/C24H20ClN5OS/c25-18-5-3-16-9-20(32-23(16)10-18)6-7-22(31)21-14-30(28-27-21)13-19-12-29-11-17(15-1-2-15)4-8-24(29)26-19/h3-5,8-12,14-15H,1-2,6-7,13H2. The van der Waals surface area contributed by atoms with Crippen molar-refractivity contribution >= 4 is 44.5 Å².